The van der Waals surface area contributed by atoms with Gasteiger partial charge in [-0.3, -0.25) is 29.0 Å². The predicted octanol–water partition coefficient (Wildman–Crippen LogP) is 3.99. The molecule has 41 heavy (non-hydrogen) atoms. The minimum Gasteiger partial charge on any atom is -0.442 e. The summed E-state index contributed by atoms with van der Waals surface area (Å²) in [6, 6.07) is 9.98. The molecule has 0 radical (unpaired) electrons. The summed E-state index contributed by atoms with van der Waals surface area (Å²) in [6.45, 7) is 4.40. The van der Waals surface area contributed by atoms with Gasteiger partial charge in [-0.15, -0.1) is 23.7 Å². The number of nitrogens with one attached hydrogen (secondary N) is 1. The van der Waals surface area contributed by atoms with E-state index in [0.717, 1.165) is 28.2 Å². The van der Waals surface area contributed by atoms with Gasteiger partial charge in [0, 0.05) is 24.3 Å². The van der Waals surface area contributed by atoms with Gasteiger partial charge in [0.15, 0.2) is 0 Å². The molecule has 1 atom stereocenters. The fourth-order valence-electron chi connectivity index (χ4n) is 4.14. The van der Waals surface area contributed by atoms with Gasteiger partial charge in [0.05, 0.1) is 35.5 Å². The van der Waals surface area contributed by atoms with E-state index in [1.165, 1.54) is 11.0 Å². The molecule has 3 heterocycles. The molecule has 1 aromatic heterocycles. The first-order valence-electron chi connectivity index (χ1n) is 12.6. The monoisotopic (exact) mass is 644 g/mol. The third kappa shape index (κ3) is 8.66. The van der Waals surface area contributed by atoms with Crippen molar-refractivity contribution in [3.8, 4) is 0 Å². The Morgan fingerprint density at radius 3 is 2.41 bits per heavy atom. The van der Waals surface area contributed by atoms with Gasteiger partial charge in [-0.1, -0.05) is 25.4 Å². The molecular weight excluding hydrogens is 615 g/mol. The van der Waals surface area contributed by atoms with Crippen LogP contribution in [0.2, 0.25) is 4.34 Å². The van der Waals surface area contributed by atoms with Crippen LogP contribution in [0.15, 0.2) is 36.4 Å². The summed E-state index contributed by atoms with van der Waals surface area (Å²) < 4.78 is 13.8. The van der Waals surface area contributed by atoms with E-state index >= 15 is 0 Å². The van der Waals surface area contributed by atoms with E-state index < -0.39 is 24.0 Å². The standard InChI is InChI=1S/C26H29ClN4O7S2.ClH/c1-16(2)11-24(34)40-28-12-22(32)31(25(35)20-7-8-21(27)39-20)14-19-13-30(26(36)38-19)18-5-3-17(4-6-18)29-9-10-37-15-23(29)33;/h3-8,16,19,28H,9-15H2,1-2H3;1H/t19-;/m1./s1. The lowest BCUT2D eigenvalue weighted by Gasteiger charge is -2.27. The fraction of sp³-hybridized carbons (Fsp3) is 0.423. The Labute approximate surface area is 257 Å². The van der Waals surface area contributed by atoms with E-state index in [4.69, 9.17) is 21.1 Å². The fourth-order valence-corrected chi connectivity index (χ4v) is 5.91. The second kappa shape index (κ2) is 15.0. The lowest BCUT2D eigenvalue weighted by Crippen LogP contribution is -2.45. The quantitative estimate of drug-likeness (QED) is 0.382. The Balaban J connectivity index is 0.00000462. The summed E-state index contributed by atoms with van der Waals surface area (Å²) in [5, 5.41) is -0.116. The average molecular weight is 646 g/mol. The zero-order valence-corrected chi connectivity index (χ0v) is 25.6. The molecule has 0 saturated carbocycles. The van der Waals surface area contributed by atoms with Crippen LogP contribution in [0.4, 0.5) is 16.2 Å². The van der Waals surface area contributed by atoms with Crippen LogP contribution in [0.1, 0.15) is 29.9 Å². The minimum atomic E-state index is -0.786. The topological polar surface area (TPSA) is 126 Å². The summed E-state index contributed by atoms with van der Waals surface area (Å²) in [4.78, 5) is 67.5. The van der Waals surface area contributed by atoms with Gasteiger partial charge < -0.3 is 14.4 Å². The maximum absolute atomic E-state index is 13.2. The molecule has 2 aliphatic heterocycles. The molecule has 0 aliphatic carbocycles. The van der Waals surface area contributed by atoms with Gasteiger partial charge in [0.1, 0.15) is 12.7 Å². The van der Waals surface area contributed by atoms with Crippen molar-refractivity contribution in [2.45, 2.75) is 26.4 Å². The lowest BCUT2D eigenvalue weighted by atomic mass is 10.2. The molecule has 4 amide bonds. The van der Waals surface area contributed by atoms with Crippen LogP contribution < -0.4 is 14.5 Å². The van der Waals surface area contributed by atoms with Gasteiger partial charge >= 0.3 is 6.09 Å². The van der Waals surface area contributed by atoms with Crippen molar-refractivity contribution in [2.75, 3.05) is 49.2 Å². The summed E-state index contributed by atoms with van der Waals surface area (Å²) >= 11 is 7.86. The van der Waals surface area contributed by atoms with Crippen LogP contribution >= 0.6 is 47.3 Å². The Kier molecular flexibility index (Phi) is 12.0. The number of carbonyl (C=O) groups excluding carboxylic acids is 5. The molecule has 11 nitrogen and oxygen atoms in total. The Morgan fingerprint density at radius 1 is 1.12 bits per heavy atom. The molecule has 0 bridgehead atoms. The number of anilines is 2. The SMILES string of the molecule is CC(C)CC(=O)SNCC(=O)N(C[C@H]1CN(c2ccc(N3CCOCC3=O)cc2)C(=O)O1)C(=O)c1ccc(Cl)s1.Cl. The predicted molar refractivity (Wildman–Crippen MR) is 160 cm³/mol. The van der Waals surface area contributed by atoms with Crippen molar-refractivity contribution >= 4 is 87.6 Å². The number of hydrogen-bond donors (Lipinski definition) is 1. The van der Waals surface area contributed by atoms with Crippen LogP contribution in [0.5, 0.6) is 0 Å². The first-order chi connectivity index (χ1) is 19.1. The highest BCUT2D eigenvalue weighted by molar-refractivity contribution is 8.12. The molecule has 1 aromatic carbocycles. The van der Waals surface area contributed by atoms with Crippen molar-refractivity contribution in [2.24, 2.45) is 5.92 Å². The summed E-state index contributed by atoms with van der Waals surface area (Å²) in [5.74, 6) is -1.11. The van der Waals surface area contributed by atoms with Gasteiger partial charge in [-0.2, -0.15) is 0 Å². The van der Waals surface area contributed by atoms with E-state index in [0.29, 0.717) is 35.3 Å². The number of benzene rings is 1. The Hall–Kier alpha value is -2.68. The number of cyclic esters (lactones) is 1. The normalized spacial score (nSPS) is 16.9. The number of amides is 4. The van der Waals surface area contributed by atoms with Crippen molar-refractivity contribution in [3.63, 3.8) is 0 Å². The number of halogens is 2. The largest absolute Gasteiger partial charge is 0.442 e. The number of rotatable bonds is 10. The second-order valence-corrected chi connectivity index (χ2v) is 12.2. The highest BCUT2D eigenvalue weighted by Crippen LogP contribution is 2.27. The first kappa shape index (κ1) is 32.8. The number of imide groups is 1. The summed E-state index contributed by atoms with van der Waals surface area (Å²) in [6.07, 6.45) is -1.06. The Morgan fingerprint density at radius 2 is 1.80 bits per heavy atom. The minimum absolute atomic E-state index is 0. The zero-order chi connectivity index (χ0) is 28.8. The summed E-state index contributed by atoms with van der Waals surface area (Å²) in [7, 11) is 0. The van der Waals surface area contributed by atoms with Gasteiger partial charge in [-0.25, -0.2) is 9.52 Å². The third-order valence-corrected chi connectivity index (χ3v) is 7.94. The van der Waals surface area contributed by atoms with Crippen molar-refractivity contribution < 1.29 is 33.4 Å². The summed E-state index contributed by atoms with van der Waals surface area (Å²) in [5.41, 5.74) is 1.24. The second-order valence-electron chi connectivity index (χ2n) is 9.54. The van der Waals surface area contributed by atoms with Crippen molar-refractivity contribution in [1.82, 2.24) is 9.62 Å². The molecule has 15 heteroatoms. The number of thiophene rings is 1. The first-order valence-corrected chi connectivity index (χ1v) is 14.6. The van der Waals surface area contributed by atoms with Gasteiger partial charge in [-0.05, 0) is 54.3 Å². The maximum atomic E-state index is 13.2. The van der Waals surface area contributed by atoms with Crippen LogP contribution in [-0.2, 0) is 23.9 Å². The van der Waals surface area contributed by atoms with E-state index in [1.54, 1.807) is 35.2 Å². The van der Waals surface area contributed by atoms with Crippen molar-refractivity contribution in [1.29, 1.82) is 0 Å². The highest BCUT2D eigenvalue weighted by atomic mass is 35.5. The molecule has 2 fully saturated rings. The van der Waals surface area contributed by atoms with Crippen LogP contribution in [0, 0.1) is 5.92 Å². The number of carbonyl (C=O) groups is 5. The molecule has 1 N–H and O–H groups in total. The smallest absolute Gasteiger partial charge is 0.414 e. The number of ether oxygens (including phenoxy) is 2. The maximum Gasteiger partial charge on any atom is 0.414 e. The molecule has 0 unspecified atom stereocenters. The van der Waals surface area contributed by atoms with Gasteiger partial charge in [0.25, 0.3) is 11.8 Å². The van der Waals surface area contributed by atoms with Crippen LogP contribution in [-0.4, -0.2) is 79.3 Å². The molecule has 222 valence electrons. The molecule has 0 spiro atoms. The van der Waals surface area contributed by atoms with Crippen molar-refractivity contribution in [3.05, 3.63) is 45.6 Å². The number of nitrogens with zero attached hydrogens (tertiary/aromatic N) is 3. The molecule has 4 rings (SSSR count). The van der Waals surface area contributed by atoms with Crippen LogP contribution in [0.25, 0.3) is 0 Å². The molecule has 2 aromatic rings. The molecule has 2 saturated heterocycles. The highest BCUT2D eigenvalue weighted by Gasteiger charge is 2.37. The zero-order valence-electron chi connectivity index (χ0n) is 22.4. The molecule has 2 aliphatic rings. The average Bonchev–Trinajstić information content (AvgIpc) is 3.52. The van der Waals surface area contributed by atoms with E-state index in [-0.39, 0.29) is 60.5 Å². The number of morpholine rings is 1. The van der Waals surface area contributed by atoms with Crippen LogP contribution in [0.3, 0.4) is 0 Å². The number of hydrogen-bond acceptors (Lipinski definition) is 10. The van der Waals surface area contributed by atoms with E-state index in [1.807, 2.05) is 13.8 Å². The van der Waals surface area contributed by atoms with E-state index in [9.17, 15) is 24.0 Å². The molecular formula is C26H30Cl2N4O7S2. The van der Waals surface area contributed by atoms with Gasteiger partial charge in [0.2, 0.25) is 11.0 Å². The Bertz CT molecular complexity index is 1270. The lowest BCUT2D eigenvalue weighted by molar-refractivity contribution is -0.128. The third-order valence-electron chi connectivity index (χ3n) is 6.03. The van der Waals surface area contributed by atoms with E-state index in [2.05, 4.69) is 4.72 Å².